The van der Waals surface area contributed by atoms with Crippen LogP contribution < -0.4 is 10.6 Å². The molecule has 1 unspecified atom stereocenters. The number of urea groups is 1. The summed E-state index contributed by atoms with van der Waals surface area (Å²) in [6, 6.07) is 13.0. The van der Waals surface area contributed by atoms with Gasteiger partial charge in [0.1, 0.15) is 5.65 Å². The second kappa shape index (κ2) is 9.03. The third-order valence-corrected chi connectivity index (χ3v) is 4.45. The van der Waals surface area contributed by atoms with Crippen LogP contribution in [-0.2, 0) is 17.8 Å². The van der Waals surface area contributed by atoms with E-state index in [1.54, 1.807) is 0 Å². The molecule has 0 fully saturated rings. The molecule has 7 nitrogen and oxygen atoms in total. The summed E-state index contributed by atoms with van der Waals surface area (Å²) in [5, 5.41) is 14.7. The van der Waals surface area contributed by atoms with Crippen LogP contribution in [0.4, 0.5) is 4.79 Å². The van der Waals surface area contributed by atoms with E-state index in [-0.39, 0.29) is 18.5 Å². The molecule has 0 aliphatic rings. The highest BCUT2D eigenvalue weighted by Gasteiger charge is 2.15. The fourth-order valence-electron chi connectivity index (χ4n) is 3.07. The van der Waals surface area contributed by atoms with Crippen molar-refractivity contribution in [2.75, 3.05) is 0 Å². The molecule has 3 aromatic rings. The number of amides is 2. The molecule has 2 heterocycles. The van der Waals surface area contributed by atoms with E-state index >= 15 is 0 Å². The summed E-state index contributed by atoms with van der Waals surface area (Å²) in [5.74, 6) is -0.875. The van der Waals surface area contributed by atoms with Gasteiger partial charge in [0.25, 0.3) is 0 Å². The lowest BCUT2D eigenvalue weighted by molar-refractivity contribution is -0.137. The zero-order valence-corrected chi connectivity index (χ0v) is 15.8. The van der Waals surface area contributed by atoms with Crippen molar-refractivity contribution in [2.24, 2.45) is 0 Å². The molecule has 0 spiro atoms. The lowest BCUT2D eigenvalue weighted by Gasteiger charge is -2.18. The van der Waals surface area contributed by atoms with Gasteiger partial charge in [-0.15, -0.1) is 0 Å². The largest absolute Gasteiger partial charge is 0.481 e. The second-order valence-corrected chi connectivity index (χ2v) is 6.85. The number of carboxylic acid groups (broad SMARTS) is 1. The predicted molar refractivity (Wildman–Crippen MR) is 106 cm³/mol. The van der Waals surface area contributed by atoms with E-state index < -0.39 is 5.97 Å². The monoisotopic (exact) mass is 380 g/mol. The molecule has 0 aliphatic heterocycles. The van der Waals surface area contributed by atoms with Gasteiger partial charge in [-0.2, -0.15) is 0 Å². The molecular formula is C21H24N4O3. The molecule has 7 heteroatoms. The van der Waals surface area contributed by atoms with Gasteiger partial charge in [0.15, 0.2) is 0 Å². The zero-order chi connectivity index (χ0) is 19.9. The molecular weight excluding hydrogens is 356 g/mol. The number of rotatable bonds is 8. The van der Waals surface area contributed by atoms with Crippen molar-refractivity contribution in [3.8, 4) is 0 Å². The highest BCUT2D eigenvalue weighted by Crippen LogP contribution is 2.09. The van der Waals surface area contributed by atoms with Crippen molar-refractivity contribution in [2.45, 2.75) is 38.8 Å². The van der Waals surface area contributed by atoms with Gasteiger partial charge >= 0.3 is 12.0 Å². The number of benzene rings is 1. The van der Waals surface area contributed by atoms with Gasteiger partial charge in [0.2, 0.25) is 0 Å². The number of carboxylic acids is 1. The van der Waals surface area contributed by atoms with E-state index in [4.69, 9.17) is 5.11 Å². The standard InChI is InChI=1S/C21H24N4O3/c1-15-7-9-19-23-18(14-25(19)13-15)12-22-21(28)24-17(8-10-20(26)27)11-16-5-3-2-4-6-16/h2-7,9,13-14,17H,8,10-12H2,1H3,(H,26,27)(H2,22,24,28). The maximum Gasteiger partial charge on any atom is 0.315 e. The average Bonchev–Trinajstić information content (AvgIpc) is 3.07. The summed E-state index contributed by atoms with van der Waals surface area (Å²) in [4.78, 5) is 27.7. The van der Waals surface area contributed by atoms with Gasteiger partial charge in [0, 0.05) is 24.9 Å². The van der Waals surface area contributed by atoms with Crippen molar-refractivity contribution in [1.29, 1.82) is 0 Å². The molecule has 0 aliphatic carbocycles. The van der Waals surface area contributed by atoms with Crippen molar-refractivity contribution in [3.63, 3.8) is 0 Å². The first-order chi connectivity index (χ1) is 13.5. The number of aryl methyl sites for hydroxylation is 1. The Labute approximate surface area is 163 Å². The average molecular weight is 380 g/mol. The Bertz CT molecular complexity index is 953. The smallest absolute Gasteiger partial charge is 0.315 e. The van der Waals surface area contributed by atoms with E-state index in [1.165, 1.54) is 0 Å². The normalized spacial score (nSPS) is 11.9. The number of fused-ring (bicyclic) bond motifs is 1. The fourth-order valence-corrected chi connectivity index (χ4v) is 3.07. The van der Waals surface area contributed by atoms with E-state index in [1.807, 2.05) is 66.2 Å². The Hall–Kier alpha value is -3.35. The SMILES string of the molecule is Cc1ccc2nc(CNC(=O)NC(CCC(=O)O)Cc3ccccc3)cn2c1. The Kier molecular flexibility index (Phi) is 6.26. The first-order valence-corrected chi connectivity index (χ1v) is 9.24. The molecule has 0 radical (unpaired) electrons. The molecule has 2 aromatic heterocycles. The summed E-state index contributed by atoms with van der Waals surface area (Å²) < 4.78 is 1.93. The number of carbonyl (C=O) groups excluding carboxylic acids is 1. The Morgan fingerprint density at radius 2 is 1.93 bits per heavy atom. The van der Waals surface area contributed by atoms with Crippen LogP contribution >= 0.6 is 0 Å². The molecule has 28 heavy (non-hydrogen) atoms. The van der Waals surface area contributed by atoms with E-state index in [0.717, 1.165) is 22.5 Å². The van der Waals surface area contributed by atoms with Crippen LogP contribution in [0.15, 0.2) is 54.9 Å². The number of aromatic nitrogens is 2. The van der Waals surface area contributed by atoms with Crippen LogP contribution in [0.3, 0.4) is 0 Å². The van der Waals surface area contributed by atoms with Crippen molar-refractivity contribution < 1.29 is 14.7 Å². The number of nitrogens with zero attached hydrogens (tertiary/aromatic N) is 2. The highest BCUT2D eigenvalue weighted by atomic mass is 16.4. The van der Waals surface area contributed by atoms with Crippen LogP contribution in [0, 0.1) is 6.92 Å². The molecule has 0 saturated carbocycles. The molecule has 146 valence electrons. The van der Waals surface area contributed by atoms with E-state index in [2.05, 4.69) is 15.6 Å². The molecule has 1 atom stereocenters. The summed E-state index contributed by atoms with van der Waals surface area (Å²) in [6.45, 7) is 2.30. The van der Waals surface area contributed by atoms with Gasteiger partial charge in [-0.05, 0) is 37.0 Å². The third kappa shape index (κ3) is 5.57. The maximum absolute atomic E-state index is 12.3. The first kappa shape index (κ1) is 19.4. The number of nitrogens with one attached hydrogen (secondary N) is 2. The molecule has 2 amide bonds. The number of carbonyl (C=O) groups is 2. The van der Waals surface area contributed by atoms with Gasteiger partial charge in [-0.3, -0.25) is 4.79 Å². The number of aliphatic carboxylic acids is 1. The molecule has 3 N–H and O–H groups in total. The second-order valence-electron chi connectivity index (χ2n) is 6.85. The third-order valence-electron chi connectivity index (χ3n) is 4.45. The Morgan fingerprint density at radius 1 is 1.14 bits per heavy atom. The summed E-state index contributed by atoms with van der Waals surface area (Å²) in [5.41, 5.74) is 3.76. The number of hydrogen-bond acceptors (Lipinski definition) is 3. The maximum atomic E-state index is 12.3. The van der Waals surface area contributed by atoms with Gasteiger partial charge in [-0.1, -0.05) is 36.4 Å². The quantitative estimate of drug-likeness (QED) is 0.560. The van der Waals surface area contributed by atoms with Crippen LogP contribution in [0.25, 0.3) is 5.65 Å². The Morgan fingerprint density at radius 3 is 2.68 bits per heavy atom. The summed E-state index contributed by atoms with van der Waals surface area (Å²) in [6.07, 6.45) is 4.81. The topological polar surface area (TPSA) is 95.7 Å². The van der Waals surface area contributed by atoms with Crippen LogP contribution in [0.1, 0.15) is 29.7 Å². The number of pyridine rings is 1. The van der Waals surface area contributed by atoms with Gasteiger partial charge in [-0.25, -0.2) is 9.78 Å². The van der Waals surface area contributed by atoms with Crippen molar-refractivity contribution in [3.05, 3.63) is 71.7 Å². The Balaban J connectivity index is 1.57. The van der Waals surface area contributed by atoms with Gasteiger partial charge in [0.05, 0.1) is 12.2 Å². The summed E-state index contributed by atoms with van der Waals surface area (Å²) in [7, 11) is 0. The molecule has 1 aromatic carbocycles. The van der Waals surface area contributed by atoms with Crippen LogP contribution in [0.5, 0.6) is 0 Å². The van der Waals surface area contributed by atoms with Gasteiger partial charge < -0.3 is 20.1 Å². The van der Waals surface area contributed by atoms with E-state index in [9.17, 15) is 9.59 Å². The number of hydrogen-bond donors (Lipinski definition) is 3. The van der Waals surface area contributed by atoms with Crippen LogP contribution in [-0.4, -0.2) is 32.5 Å². The van der Waals surface area contributed by atoms with Crippen LogP contribution in [0.2, 0.25) is 0 Å². The zero-order valence-electron chi connectivity index (χ0n) is 15.8. The minimum absolute atomic E-state index is 0.00354. The highest BCUT2D eigenvalue weighted by molar-refractivity contribution is 5.74. The minimum Gasteiger partial charge on any atom is -0.481 e. The summed E-state index contributed by atoms with van der Waals surface area (Å²) >= 11 is 0. The number of imidazole rings is 1. The molecule has 3 rings (SSSR count). The van der Waals surface area contributed by atoms with E-state index in [0.29, 0.717) is 19.4 Å². The molecule has 0 saturated heterocycles. The fraction of sp³-hybridized carbons (Fsp3) is 0.286. The lowest BCUT2D eigenvalue weighted by Crippen LogP contribution is -2.43. The predicted octanol–water partition coefficient (Wildman–Crippen LogP) is 2.92. The lowest BCUT2D eigenvalue weighted by atomic mass is 10.0. The van der Waals surface area contributed by atoms with Crippen molar-refractivity contribution >= 4 is 17.6 Å². The first-order valence-electron chi connectivity index (χ1n) is 9.24. The minimum atomic E-state index is -0.875. The van der Waals surface area contributed by atoms with Crippen molar-refractivity contribution in [1.82, 2.24) is 20.0 Å². The molecule has 0 bridgehead atoms.